The molecule has 100 valence electrons. The first-order valence-corrected chi connectivity index (χ1v) is 6.65. The summed E-state index contributed by atoms with van der Waals surface area (Å²) >= 11 is 0. The Morgan fingerprint density at radius 1 is 0.842 bits per heavy atom. The highest BCUT2D eigenvalue weighted by atomic mass is 16.3. The smallest absolute Gasteiger partial charge is 0.0681 e. The second-order valence-electron chi connectivity index (χ2n) is 4.95. The highest BCUT2D eigenvalue weighted by Crippen LogP contribution is 2.13. The van der Waals surface area contributed by atoms with Gasteiger partial charge in [0.1, 0.15) is 0 Å². The van der Waals surface area contributed by atoms with Gasteiger partial charge in [0.15, 0.2) is 0 Å². The highest BCUT2D eigenvalue weighted by Gasteiger charge is 2.01. The molecular weight excluding hydrogens is 234 g/mol. The first kappa shape index (κ1) is 13.8. The number of benzene rings is 2. The van der Waals surface area contributed by atoms with E-state index in [1.54, 1.807) is 0 Å². The Morgan fingerprint density at radius 2 is 1.42 bits per heavy atom. The van der Waals surface area contributed by atoms with E-state index in [1.165, 1.54) is 22.3 Å². The molecule has 0 heterocycles. The van der Waals surface area contributed by atoms with E-state index in [2.05, 4.69) is 49.5 Å². The molecule has 0 aromatic heterocycles. The summed E-state index contributed by atoms with van der Waals surface area (Å²) in [6, 6.07) is 14.5. The monoisotopic (exact) mass is 255 g/mol. The lowest BCUT2D eigenvalue weighted by Crippen LogP contribution is -2.14. The van der Waals surface area contributed by atoms with E-state index in [4.69, 9.17) is 5.11 Å². The third-order valence-corrected chi connectivity index (χ3v) is 3.48. The Morgan fingerprint density at radius 3 is 2.00 bits per heavy atom. The van der Waals surface area contributed by atoms with Crippen LogP contribution in [0.1, 0.15) is 27.8 Å². The molecule has 0 aliphatic rings. The maximum Gasteiger partial charge on any atom is 0.0681 e. The molecule has 0 spiro atoms. The molecule has 19 heavy (non-hydrogen) atoms. The standard InChI is InChI=1S/C17H21NO/c1-13-4-3-5-14(2)17(13)11-18-10-15-6-8-16(12-19)9-7-15/h3-9,18-19H,10-12H2,1-2H3. The van der Waals surface area contributed by atoms with Gasteiger partial charge < -0.3 is 10.4 Å². The summed E-state index contributed by atoms with van der Waals surface area (Å²) in [7, 11) is 0. The van der Waals surface area contributed by atoms with Crippen molar-refractivity contribution in [3.05, 3.63) is 70.3 Å². The second-order valence-corrected chi connectivity index (χ2v) is 4.95. The van der Waals surface area contributed by atoms with Crippen molar-refractivity contribution in [2.75, 3.05) is 0 Å². The Labute approximate surface area is 115 Å². The molecule has 0 saturated heterocycles. The molecular formula is C17H21NO. The Hall–Kier alpha value is -1.64. The molecule has 0 bridgehead atoms. The lowest BCUT2D eigenvalue weighted by atomic mass is 10.0. The van der Waals surface area contributed by atoms with Gasteiger partial charge >= 0.3 is 0 Å². The van der Waals surface area contributed by atoms with Crippen LogP contribution in [-0.2, 0) is 19.7 Å². The maximum atomic E-state index is 9.00. The Bertz CT molecular complexity index is 511. The number of aliphatic hydroxyl groups is 1. The van der Waals surface area contributed by atoms with Crippen molar-refractivity contribution in [2.45, 2.75) is 33.5 Å². The van der Waals surface area contributed by atoms with E-state index in [-0.39, 0.29) is 6.61 Å². The first-order chi connectivity index (χ1) is 9.20. The fourth-order valence-corrected chi connectivity index (χ4v) is 2.22. The first-order valence-electron chi connectivity index (χ1n) is 6.65. The summed E-state index contributed by atoms with van der Waals surface area (Å²) in [4.78, 5) is 0. The van der Waals surface area contributed by atoms with Crippen LogP contribution in [0.3, 0.4) is 0 Å². The van der Waals surface area contributed by atoms with E-state index in [1.807, 2.05) is 12.1 Å². The number of nitrogens with one attached hydrogen (secondary N) is 1. The average molecular weight is 255 g/mol. The van der Waals surface area contributed by atoms with Crippen molar-refractivity contribution in [1.29, 1.82) is 0 Å². The summed E-state index contributed by atoms with van der Waals surface area (Å²) < 4.78 is 0. The van der Waals surface area contributed by atoms with Crippen molar-refractivity contribution >= 4 is 0 Å². The second kappa shape index (κ2) is 6.50. The molecule has 0 amide bonds. The minimum atomic E-state index is 0.107. The normalized spacial score (nSPS) is 10.7. The molecule has 2 heteroatoms. The van der Waals surface area contributed by atoms with Crippen LogP contribution < -0.4 is 5.32 Å². The van der Waals surface area contributed by atoms with Gasteiger partial charge in [-0.3, -0.25) is 0 Å². The van der Waals surface area contributed by atoms with Crippen LogP contribution >= 0.6 is 0 Å². The van der Waals surface area contributed by atoms with E-state index >= 15 is 0 Å². The molecule has 0 atom stereocenters. The van der Waals surface area contributed by atoms with Crippen LogP contribution in [0.4, 0.5) is 0 Å². The molecule has 0 fully saturated rings. The minimum absolute atomic E-state index is 0.107. The third kappa shape index (κ3) is 3.66. The van der Waals surface area contributed by atoms with Gasteiger partial charge in [-0.1, -0.05) is 42.5 Å². The van der Waals surface area contributed by atoms with Crippen molar-refractivity contribution in [2.24, 2.45) is 0 Å². The lowest BCUT2D eigenvalue weighted by molar-refractivity contribution is 0.282. The predicted octanol–water partition coefficient (Wildman–Crippen LogP) is 3.09. The van der Waals surface area contributed by atoms with Gasteiger partial charge in [0.25, 0.3) is 0 Å². The lowest BCUT2D eigenvalue weighted by Gasteiger charge is -2.11. The van der Waals surface area contributed by atoms with Crippen LogP contribution in [0.15, 0.2) is 42.5 Å². The Balaban J connectivity index is 1.92. The van der Waals surface area contributed by atoms with Crippen LogP contribution in [0.2, 0.25) is 0 Å². The van der Waals surface area contributed by atoms with E-state index in [0.717, 1.165) is 18.7 Å². The quantitative estimate of drug-likeness (QED) is 0.860. The maximum absolute atomic E-state index is 9.00. The summed E-state index contributed by atoms with van der Waals surface area (Å²) in [6.07, 6.45) is 0. The SMILES string of the molecule is Cc1cccc(C)c1CNCc1ccc(CO)cc1. The predicted molar refractivity (Wildman–Crippen MR) is 78.8 cm³/mol. The number of aryl methyl sites for hydroxylation is 2. The molecule has 0 radical (unpaired) electrons. The molecule has 0 saturated carbocycles. The van der Waals surface area contributed by atoms with Crippen LogP contribution in [-0.4, -0.2) is 5.11 Å². The Kier molecular flexibility index (Phi) is 4.72. The number of rotatable bonds is 5. The van der Waals surface area contributed by atoms with Gasteiger partial charge in [0.2, 0.25) is 0 Å². The van der Waals surface area contributed by atoms with Crippen molar-refractivity contribution < 1.29 is 5.11 Å². The third-order valence-electron chi connectivity index (χ3n) is 3.48. The molecule has 2 N–H and O–H groups in total. The molecule has 2 aromatic carbocycles. The molecule has 0 aliphatic carbocycles. The zero-order valence-electron chi connectivity index (χ0n) is 11.6. The van der Waals surface area contributed by atoms with Gasteiger partial charge in [-0.15, -0.1) is 0 Å². The average Bonchev–Trinajstić information content (AvgIpc) is 2.43. The van der Waals surface area contributed by atoms with Crippen molar-refractivity contribution in [3.8, 4) is 0 Å². The van der Waals surface area contributed by atoms with Crippen LogP contribution in [0.5, 0.6) is 0 Å². The highest BCUT2D eigenvalue weighted by molar-refractivity contribution is 5.33. The van der Waals surface area contributed by atoms with E-state index < -0.39 is 0 Å². The molecule has 2 aromatic rings. The summed E-state index contributed by atoms with van der Waals surface area (Å²) in [6.45, 7) is 6.15. The van der Waals surface area contributed by atoms with E-state index in [0.29, 0.717) is 0 Å². The van der Waals surface area contributed by atoms with Crippen molar-refractivity contribution in [3.63, 3.8) is 0 Å². The zero-order valence-corrected chi connectivity index (χ0v) is 11.6. The fourth-order valence-electron chi connectivity index (χ4n) is 2.22. The van der Waals surface area contributed by atoms with E-state index in [9.17, 15) is 0 Å². The van der Waals surface area contributed by atoms with Gasteiger partial charge in [0.05, 0.1) is 6.61 Å². The fraction of sp³-hybridized carbons (Fsp3) is 0.294. The summed E-state index contributed by atoms with van der Waals surface area (Å²) in [5, 5.41) is 12.5. The minimum Gasteiger partial charge on any atom is -0.392 e. The largest absolute Gasteiger partial charge is 0.392 e. The molecule has 2 rings (SSSR count). The topological polar surface area (TPSA) is 32.3 Å². The summed E-state index contributed by atoms with van der Waals surface area (Å²) in [5.41, 5.74) is 6.25. The molecule has 0 unspecified atom stereocenters. The van der Waals surface area contributed by atoms with Gasteiger partial charge in [-0.05, 0) is 41.7 Å². The van der Waals surface area contributed by atoms with Gasteiger partial charge in [0, 0.05) is 13.1 Å². The number of hydrogen-bond acceptors (Lipinski definition) is 2. The molecule has 0 aliphatic heterocycles. The zero-order chi connectivity index (χ0) is 13.7. The van der Waals surface area contributed by atoms with Gasteiger partial charge in [-0.25, -0.2) is 0 Å². The number of hydrogen-bond donors (Lipinski definition) is 2. The van der Waals surface area contributed by atoms with Crippen LogP contribution in [0, 0.1) is 13.8 Å². The van der Waals surface area contributed by atoms with Crippen LogP contribution in [0.25, 0.3) is 0 Å². The summed E-state index contributed by atoms with van der Waals surface area (Å²) in [5.74, 6) is 0. The van der Waals surface area contributed by atoms with Crippen molar-refractivity contribution in [1.82, 2.24) is 5.32 Å². The number of aliphatic hydroxyl groups excluding tert-OH is 1. The van der Waals surface area contributed by atoms with Gasteiger partial charge in [-0.2, -0.15) is 0 Å². The molecule has 2 nitrogen and oxygen atoms in total.